The number of piperazine rings is 1. The highest BCUT2D eigenvalue weighted by Gasteiger charge is 2.26. The zero-order valence-corrected chi connectivity index (χ0v) is 16.9. The number of anilines is 1. The largest absolute Gasteiger partial charge is 0.352 e. The molecule has 1 aliphatic heterocycles. The van der Waals surface area contributed by atoms with Gasteiger partial charge >= 0.3 is 0 Å². The lowest BCUT2D eigenvalue weighted by molar-refractivity contribution is -0.384. The number of halogens is 1. The molecule has 0 aliphatic carbocycles. The van der Waals surface area contributed by atoms with E-state index in [1.807, 2.05) is 34.7 Å². The molecule has 3 heterocycles. The highest BCUT2D eigenvalue weighted by Crippen LogP contribution is 2.24. The molecule has 0 bridgehead atoms. The predicted octanol–water partition coefficient (Wildman–Crippen LogP) is 2.49. The van der Waals surface area contributed by atoms with E-state index in [4.69, 9.17) is 11.6 Å². The van der Waals surface area contributed by atoms with Gasteiger partial charge in [0.1, 0.15) is 5.82 Å². The van der Waals surface area contributed by atoms with E-state index in [2.05, 4.69) is 15.2 Å². The van der Waals surface area contributed by atoms with Crippen molar-refractivity contribution in [3.8, 4) is 5.82 Å². The quantitative estimate of drug-likeness (QED) is 0.464. The first kappa shape index (κ1) is 19.8. The van der Waals surface area contributed by atoms with Crippen molar-refractivity contribution in [3.05, 3.63) is 69.3 Å². The van der Waals surface area contributed by atoms with Gasteiger partial charge in [-0.25, -0.2) is 4.98 Å². The van der Waals surface area contributed by atoms with Crippen LogP contribution in [0.5, 0.6) is 0 Å². The predicted molar refractivity (Wildman–Crippen MR) is 110 cm³/mol. The van der Waals surface area contributed by atoms with Crippen LogP contribution >= 0.6 is 11.6 Å². The highest BCUT2D eigenvalue weighted by atomic mass is 35.5. The lowest BCUT2D eigenvalue weighted by Gasteiger charge is -2.35. The summed E-state index contributed by atoms with van der Waals surface area (Å²) in [7, 11) is 0. The van der Waals surface area contributed by atoms with Crippen LogP contribution in [0.1, 0.15) is 16.2 Å². The molecule has 4 rings (SSSR count). The topological polar surface area (TPSA) is 110 Å². The molecule has 0 spiro atoms. The Bertz CT molecular complexity index is 1090. The van der Waals surface area contributed by atoms with Crippen molar-refractivity contribution in [2.24, 2.45) is 0 Å². The number of aromatic nitrogens is 4. The molecule has 0 unspecified atom stereocenters. The Morgan fingerprint density at radius 2 is 1.80 bits per heavy atom. The number of nitro benzene ring substituents is 1. The fraction of sp³-hybridized carbons (Fsp3) is 0.263. The molecule has 1 fully saturated rings. The summed E-state index contributed by atoms with van der Waals surface area (Å²) < 4.78 is 1.84. The third kappa shape index (κ3) is 3.81. The summed E-state index contributed by atoms with van der Waals surface area (Å²) in [5.41, 5.74) is -0.0240. The summed E-state index contributed by atoms with van der Waals surface area (Å²) in [5, 5.41) is 19.8. The SMILES string of the molecule is Cc1nccn1-c1ccc(N2CCN(C(=O)c3cc([N+](=O)[O-])ccc3Cl)CC2)nn1. The van der Waals surface area contributed by atoms with Crippen LogP contribution in [-0.4, -0.2) is 61.7 Å². The smallest absolute Gasteiger partial charge is 0.270 e. The Balaban J connectivity index is 1.43. The number of amides is 1. The summed E-state index contributed by atoms with van der Waals surface area (Å²) in [6, 6.07) is 7.64. The molecular weight excluding hydrogens is 410 g/mol. The third-order valence-corrected chi connectivity index (χ3v) is 5.32. The Hall–Kier alpha value is -3.53. The van der Waals surface area contributed by atoms with Crippen molar-refractivity contribution < 1.29 is 9.72 Å². The summed E-state index contributed by atoms with van der Waals surface area (Å²) >= 11 is 6.10. The van der Waals surface area contributed by atoms with E-state index in [1.54, 1.807) is 11.1 Å². The average molecular weight is 428 g/mol. The Morgan fingerprint density at radius 1 is 1.10 bits per heavy atom. The monoisotopic (exact) mass is 427 g/mol. The number of non-ortho nitro benzene ring substituents is 1. The summed E-state index contributed by atoms with van der Waals surface area (Å²) in [4.78, 5) is 31.1. The van der Waals surface area contributed by atoms with Gasteiger partial charge in [-0.3, -0.25) is 19.5 Å². The second-order valence-electron chi connectivity index (χ2n) is 6.79. The standard InChI is InChI=1S/C19H18ClN7O3/c1-13-21-6-7-26(13)18-5-4-17(22-23-18)24-8-10-25(11-9-24)19(28)15-12-14(27(29)30)2-3-16(15)20/h2-7,12H,8-11H2,1H3. The molecular formula is C19H18ClN7O3. The molecule has 0 atom stereocenters. The minimum absolute atomic E-state index is 0.138. The molecule has 2 aromatic heterocycles. The second kappa shape index (κ2) is 8.07. The maximum Gasteiger partial charge on any atom is 0.270 e. The van der Waals surface area contributed by atoms with E-state index in [9.17, 15) is 14.9 Å². The minimum atomic E-state index is -0.543. The molecule has 0 radical (unpaired) electrons. The fourth-order valence-electron chi connectivity index (χ4n) is 3.34. The van der Waals surface area contributed by atoms with E-state index >= 15 is 0 Å². The zero-order chi connectivity index (χ0) is 21.3. The van der Waals surface area contributed by atoms with E-state index < -0.39 is 4.92 Å². The van der Waals surface area contributed by atoms with E-state index in [1.165, 1.54) is 18.2 Å². The van der Waals surface area contributed by atoms with Gasteiger partial charge in [0.25, 0.3) is 11.6 Å². The van der Waals surface area contributed by atoms with Crippen molar-refractivity contribution in [1.82, 2.24) is 24.6 Å². The first-order valence-corrected chi connectivity index (χ1v) is 9.64. The fourth-order valence-corrected chi connectivity index (χ4v) is 3.53. The molecule has 11 heteroatoms. The van der Waals surface area contributed by atoms with Crippen molar-refractivity contribution in [1.29, 1.82) is 0 Å². The highest BCUT2D eigenvalue weighted by molar-refractivity contribution is 6.33. The van der Waals surface area contributed by atoms with Crippen LogP contribution in [0.15, 0.2) is 42.7 Å². The van der Waals surface area contributed by atoms with Crippen LogP contribution in [0.4, 0.5) is 11.5 Å². The van der Waals surface area contributed by atoms with Crippen LogP contribution in [0.2, 0.25) is 5.02 Å². The van der Waals surface area contributed by atoms with Crippen molar-refractivity contribution in [2.75, 3.05) is 31.1 Å². The Morgan fingerprint density at radius 3 is 2.40 bits per heavy atom. The van der Waals surface area contributed by atoms with Crippen LogP contribution in [0.3, 0.4) is 0 Å². The van der Waals surface area contributed by atoms with Crippen molar-refractivity contribution in [2.45, 2.75) is 6.92 Å². The summed E-state index contributed by atoms with van der Waals surface area (Å²) in [6.07, 6.45) is 3.53. The average Bonchev–Trinajstić information content (AvgIpc) is 3.19. The minimum Gasteiger partial charge on any atom is -0.352 e. The van der Waals surface area contributed by atoms with Gasteiger partial charge in [-0.1, -0.05) is 11.6 Å². The molecule has 10 nitrogen and oxygen atoms in total. The number of imidazole rings is 1. The van der Waals surface area contributed by atoms with Gasteiger partial charge in [0.05, 0.1) is 15.5 Å². The van der Waals surface area contributed by atoms with Gasteiger partial charge in [0.2, 0.25) is 0 Å². The molecule has 1 aliphatic rings. The van der Waals surface area contributed by atoms with E-state index in [0.29, 0.717) is 32.0 Å². The number of benzene rings is 1. The van der Waals surface area contributed by atoms with Gasteiger partial charge in [-0.2, -0.15) is 0 Å². The number of nitrogens with zero attached hydrogens (tertiary/aromatic N) is 7. The maximum atomic E-state index is 12.8. The molecule has 1 aromatic carbocycles. The third-order valence-electron chi connectivity index (χ3n) is 4.99. The van der Waals surface area contributed by atoms with Crippen LogP contribution < -0.4 is 4.90 Å². The zero-order valence-electron chi connectivity index (χ0n) is 16.1. The Labute approximate surface area is 176 Å². The normalized spacial score (nSPS) is 14.1. The van der Waals surface area contributed by atoms with Gasteiger partial charge < -0.3 is 9.80 Å². The molecule has 154 valence electrons. The van der Waals surface area contributed by atoms with Crippen molar-refractivity contribution in [3.63, 3.8) is 0 Å². The maximum absolute atomic E-state index is 12.8. The van der Waals surface area contributed by atoms with Gasteiger partial charge in [-0.05, 0) is 25.1 Å². The first-order valence-electron chi connectivity index (χ1n) is 9.26. The number of nitro groups is 1. The number of rotatable bonds is 4. The molecule has 30 heavy (non-hydrogen) atoms. The number of hydrogen-bond donors (Lipinski definition) is 0. The van der Waals surface area contributed by atoms with Crippen LogP contribution in [0.25, 0.3) is 5.82 Å². The van der Waals surface area contributed by atoms with Crippen molar-refractivity contribution >= 4 is 29.0 Å². The lowest BCUT2D eigenvalue weighted by Crippen LogP contribution is -2.49. The van der Waals surface area contributed by atoms with Gasteiger partial charge in [0.15, 0.2) is 11.6 Å². The number of carbonyl (C=O) groups excluding carboxylic acids is 1. The first-order chi connectivity index (χ1) is 14.4. The second-order valence-corrected chi connectivity index (χ2v) is 7.20. The molecule has 0 N–H and O–H groups in total. The number of aryl methyl sites for hydroxylation is 1. The number of carbonyl (C=O) groups is 1. The van der Waals surface area contributed by atoms with Gasteiger partial charge in [-0.15, -0.1) is 10.2 Å². The molecule has 3 aromatic rings. The Kier molecular flexibility index (Phi) is 5.32. The summed E-state index contributed by atoms with van der Waals surface area (Å²) in [5.74, 6) is 1.91. The van der Waals surface area contributed by atoms with Crippen LogP contribution in [0, 0.1) is 17.0 Å². The van der Waals surface area contributed by atoms with E-state index in [0.717, 1.165) is 11.6 Å². The molecule has 1 amide bonds. The van der Waals surface area contributed by atoms with Crippen LogP contribution in [-0.2, 0) is 0 Å². The van der Waals surface area contributed by atoms with E-state index in [-0.39, 0.29) is 22.2 Å². The summed E-state index contributed by atoms with van der Waals surface area (Å²) in [6.45, 7) is 3.91. The number of hydrogen-bond acceptors (Lipinski definition) is 7. The molecule has 1 saturated heterocycles. The molecule has 0 saturated carbocycles. The lowest BCUT2D eigenvalue weighted by atomic mass is 10.1. The van der Waals surface area contributed by atoms with Gasteiger partial charge in [0, 0.05) is 50.7 Å².